The molecule has 1 amide bonds. The van der Waals surface area contributed by atoms with Gasteiger partial charge in [0, 0.05) is 23.4 Å². The van der Waals surface area contributed by atoms with Crippen molar-refractivity contribution < 1.29 is 39.9 Å². The zero-order valence-electron chi connectivity index (χ0n) is 19.5. The van der Waals surface area contributed by atoms with Crippen molar-refractivity contribution in [2.45, 2.75) is 50.1 Å². The average Bonchev–Trinajstić information content (AvgIpc) is 3.23. The topological polar surface area (TPSA) is 83.6 Å². The molecule has 2 heterocycles. The van der Waals surface area contributed by atoms with Gasteiger partial charge in [-0.25, -0.2) is 31.3 Å². The van der Waals surface area contributed by atoms with E-state index in [-0.39, 0.29) is 32.5 Å². The molecule has 1 aromatic carbocycles. The summed E-state index contributed by atoms with van der Waals surface area (Å²) in [5.41, 5.74) is -4.70. The van der Waals surface area contributed by atoms with Gasteiger partial charge in [-0.1, -0.05) is 0 Å². The molecule has 0 aliphatic heterocycles. The molecule has 0 spiro atoms. The van der Waals surface area contributed by atoms with E-state index in [1.165, 1.54) is 12.1 Å². The number of hydrogen-bond donors (Lipinski definition) is 1. The molecule has 1 atom stereocenters. The minimum Gasteiger partial charge on any atom is -0.346 e. The molecule has 1 aliphatic rings. The van der Waals surface area contributed by atoms with Gasteiger partial charge >= 0.3 is 0 Å². The van der Waals surface area contributed by atoms with Crippen LogP contribution in [0, 0.1) is 23.0 Å². The number of fused-ring (bicyclic) bond motifs is 1. The van der Waals surface area contributed by atoms with Crippen molar-refractivity contribution in [3.63, 3.8) is 0 Å². The minimum absolute atomic E-state index is 0.0136. The van der Waals surface area contributed by atoms with Crippen LogP contribution in [0.4, 0.5) is 35.1 Å². The number of nitrogens with one attached hydrogen (secondary N) is 1. The van der Waals surface area contributed by atoms with Crippen LogP contribution in [0.15, 0.2) is 34.8 Å². The summed E-state index contributed by atoms with van der Waals surface area (Å²) < 4.78 is 113. The van der Waals surface area contributed by atoms with Gasteiger partial charge in [0.05, 0.1) is 17.3 Å². The van der Waals surface area contributed by atoms with Crippen LogP contribution in [0.5, 0.6) is 0 Å². The van der Waals surface area contributed by atoms with Crippen molar-refractivity contribution in [3.8, 4) is 6.07 Å². The van der Waals surface area contributed by atoms with E-state index in [0.29, 0.717) is 6.07 Å². The highest BCUT2D eigenvalue weighted by Gasteiger charge is 2.55. The zero-order valence-corrected chi connectivity index (χ0v) is 21.1. The molecule has 2 aromatic heterocycles. The molecular formula is C24H16BrF8N5O. The van der Waals surface area contributed by atoms with Crippen LogP contribution in [0.2, 0.25) is 0 Å². The summed E-state index contributed by atoms with van der Waals surface area (Å²) in [6.45, 7) is -1.16. The Hall–Kier alpha value is -3.54. The van der Waals surface area contributed by atoms with Crippen molar-refractivity contribution in [1.82, 2.24) is 20.1 Å². The molecule has 6 nitrogen and oxygen atoms in total. The highest BCUT2D eigenvalue weighted by Crippen LogP contribution is 2.52. The number of nitriles is 1. The predicted octanol–water partition coefficient (Wildman–Crippen LogP) is 6.21. The van der Waals surface area contributed by atoms with Crippen molar-refractivity contribution in [1.29, 1.82) is 5.26 Å². The van der Waals surface area contributed by atoms with Crippen LogP contribution in [0.3, 0.4) is 0 Å². The smallest absolute Gasteiger partial charge is 0.290 e. The van der Waals surface area contributed by atoms with Crippen LogP contribution >= 0.6 is 15.9 Å². The van der Waals surface area contributed by atoms with Gasteiger partial charge in [0.15, 0.2) is 0 Å². The van der Waals surface area contributed by atoms with Crippen LogP contribution < -0.4 is 5.32 Å². The van der Waals surface area contributed by atoms with Gasteiger partial charge in [0.2, 0.25) is 5.91 Å². The SMILES string of the molecule is N#Cc1ccc(Br)c(C(Cc2cc(F)cc(F)c2)NC(=O)Cn2nc(C(F)F)c3c2C(F)(F)CCC3(F)F)n1. The van der Waals surface area contributed by atoms with E-state index < -0.39 is 78.2 Å². The summed E-state index contributed by atoms with van der Waals surface area (Å²) >= 11 is 3.20. The molecule has 4 rings (SSSR count). The molecule has 1 aliphatic carbocycles. The summed E-state index contributed by atoms with van der Waals surface area (Å²) in [5.74, 6) is -11.0. The van der Waals surface area contributed by atoms with Gasteiger partial charge in [-0.15, -0.1) is 0 Å². The molecule has 3 aromatic rings. The standard InChI is InChI=1S/C24H16BrF8N5O/c25-15-2-1-14(9-34)35-19(15)16(7-11-5-12(26)8-13(27)6-11)36-17(39)10-38-21-18(20(37-38)22(28)29)23(30,31)3-4-24(21,32)33/h1-2,5-6,8,16,22H,3-4,7,10H2,(H,36,39). The largest absolute Gasteiger partial charge is 0.346 e. The highest BCUT2D eigenvalue weighted by atomic mass is 79.9. The first-order chi connectivity index (χ1) is 18.2. The normalized spacial score (nSPS) is 16.4. The fourth-order valence-electron chi connectivity index (χ4n) is 4.36. The number of pyridine rings is 1. The second kappa shape index (κ2) is 10.6. The maximum absolute atomic E-state index is 14.7. The molecule has 0 fully saturated rings. The van der Waals surface area contributed by atoms with Gasteiger partial charge < -0.3 is 5.32 Å². The first-order valence-electron chi connectivity index (χ1n) is 11.2. The number of halogens is 9. The number of alkyl halides is 6. The predicted molar refractivity (Wildman–Crippen MR) is 122 cm³/mol. The number of carbonyl (C=O) groups excluding carboxylic acids is 1. The number of benzene rings is 1. The molecule has 1 N–H and O–H groups in total. The lowest BCUT2D eigenvalue weighted by molar-refractivity contribution is -0.123. The molecule has 1 unspecified atom stereocenters. The molecule has 0 radical (unpaired) electrons. The molecule has 39 heavy (non-hydrogen) atoms. The number of amides is 1. The van der Waals surface area contributed by atoms with E-state index in [9.17, 15) is 45.2 Å². The fraction of sp³-hybridized carbons (Fsp3) is 0.333. The zero-order chi connectivity index (χ0) is 28.7. The van der Waals surface area contributed by atoms with Crippen LogP contribution in [0.1, 0.15) is 59.2 Å². The van der Waals surface area contributed by atoms with Crippen LogP contribution in [-0.2, 0) is 29.6 Å². The quantitative estimate of drug-likeness (QED) is 0.318. The molecule has 206 valence electrons. The van der Waals surface area contributed by atoms with Gasteiger partial charge in [0.1, 0.15) is 41.3 Å². The second-order valence-corrected chi connectivity index (χ2v) is 9.61. The molecule has 0 saturated carbocycles. The summed E-state index contributed by atoms with van der Waals surface area (Å²) in [6, 6.07) is 5.83. The van der Waals surface area contributed by atoms with Gasteiger partial charge in [-0.3, -0.25) is 9.48 Å². The number of rotatable bonds is 7. The number of aromatic nitrogens is 3. The van der Waals surface area contributed by atoms with Crippen molar-refractivity contribution in [2.75, 3.05) is 0 Å². The monoisotopic (exact) mass is 621 g/mol. The Balaban J connectivity index is 1.72. The van der Waals surface area contributed by atoms with Gasteiger partial charge in [-0.05, 0) is 52.2 Å². The van der Waals surface area contributed by atoms with Crippen LogP contribution in [0.25, 0.3) is 0 Å². The van der Waals surface area contributed by atoms with Crippen LogP contribution in [-0.4, -0.2) is 20.7 Å². The Morgan fingerprint density at radius 3 is 2.33 bits per heavy atom. The Labute approximate surface area is 223 Å². The number of hydrogen-bond acceptors (Lipinski definition) is 4. The van der Waals surface area contributed by atoms with E-state index in [1.54, 1.807) is 6.07 Å². The Morgan fingerprint density at radius 2 is 1.72 bits per heavy atom. The summed E-state index contributed by atoms with van der Waals surface area (Å²) in [6.07, 6.45) is -6.66. The van der Waals surface area contributed by atoms with E-state index in [2.05, 4.69) is 31.3 Å². The third kappa shape index (κ3) is 5.90. The Kier molecular flexibility index (Phi) is 7.70. The second-order valence-electron chi connectivity index (χ2n) is 8.75. The minimum atomic E-state index is -4.02. The third-order valence-corrected chi connectivity index (χ3v) is 6.63. The lowest BCUT2D eigenvalue weighted by Crippen LogP contribution is -2.37. The third-order valence-electron chi connectivity index (χ3n) is 5.96. The number of nitrogens with zero attached hydrogens (tertiary/aromatic N) is 4. The Bertz CT molecular complexity index is 1450. The van der Waals surface area contributed by atoms with Crippen molar-refractivity contribution in [2.24, 2.45) is 0 Å². The first kappa shape index (κ1) is 28.5. The van der Waals surface area contributed by atoms with Crippen molar-refractivity contribution >= 4 is 21.8 Å². The highest BCUT2D eigenvalue weighted by molar-refractivity contribution is 9.10. The molecular weight excluding hydrogens is 606 g/mol. The number of carbonyl (C=O) groups is 1. The van der Waals surface area contributed by atoms with E-state index in [4.69, 9.17) is 0 Å². The lowest BCUT2D eigenvalue weighted by atomic mass is 9.89. The molecule has 0 bridgehead atoms. The van der Waals surface area contributed by atoms with E-state index in [1.807, 2.05) is 0 Å². The summed E-state index contributed by atoms with van der Waals surface area (Å²) in [5, 5.41) is 14.8. The van der Waals surface area contributed by atoms with E-state index >= 15 is 0 Å². The maximum Gasteiger partial charge on any atom is 0.290 e. The van der Waals surface area contributed by atoms with Gasteiger partial charge in [-0.2, -0.15) is 19.1 Å². The van der Waals surface area contributed by atoms with Gasteiger partial charge in [0.25, 0.3) is 18.3 Å². The first-order valence-corrected chi connectivity index (χ1v) is 12.0. The maximum atomic E-state index is 14.7. The molecule has 0 saturated heterocycles. The summed E-state index contributed by atoms with van der Waals surface area (Å²) in [4.78, 5) is 17.1. The van der Waals surface area contributed by atoms with Crippen molar-refractivity contribution in [3.05, 3.63) is 80.3 Å². The Morgan fingerprint density at radius 1 is 1.08 bits per heavy atom. The van der Waals surface area contributed by atoms with E-state index in [0.717, 1.165) is 12.1 Å². The molecule has 15 heteroatoms. The fourth-order valence-corrected chi connectivity index (χ4v) is 4.86. The summed E-state index contributed by atoms with van der Waals surface area (Å²) in [7, 11) is 0. The average molecular weight is 622 g/mol. The lowest BCUT2D eigenvalue weighted by Gasteiger charge is -2.29.